The minimum atomic E-state index is -0.633. The summed E-state index contributed by atoms with van der Waals surface area (Å²) in [6, 6.07) is 7.64. The topological polar surface area (TPSA) is 119 Å². The molecule has 0 aliphatic heterocycles. The van der Waals surface area contributed by atoms with Crippen LogP contribution in [0.1, 0.15) is 17.3 Å². The largest absolute Gasteiger partial charge is 0.493 e. The molecule has 9 heteroatoms. The first-order chi connectivity index (χ1) is 12.5. The van der Waals surface area contributed by atoms with Crippen molar-refractivity contribution in [1.82, 2.24) is 10.2 Å². The van der Waals surface area contributed by atoms with Crippen LogP contribution < -0.4 is 14.8 Å². The number of methoxy groups -OCH3 is 1. The average Bonchev–Trinajstić information content (AvgIpc) is 3.09. The van der Waals surface area contributed by atoms with Crippen molar-refractivity contribution >= 4 is 28.2 Å². The summed E-state index contributed by atoms with van der Waals surface area (Å²) < 4.78 is 10.5. The Balaban J connectivity index is 1.98. The van der Waals surface area contributed by atoms with Crippen LogP contribution >= 0.6 is 0 Å². The zero-order chi connectivity index (χ0) is 18.7. The van der Waals surface area contributed by atoms with Crippen LogP contribution in [0.25, 0.3) is 10.9 Å². The third-order valence-corrected chi connectivity index (χ3v) is 3.72. The molecule has 134 valence electrons. The lowest BCUT2D eigenvalue weighted by Crippen LogP contribution is -2.14. The van der Waals surface area contributed by atoms with Crippen molar-refractivity contribution in [2.45, 2.75) is 6.92 Å². The van der Waals surface area contributed by atoms with Gasteiger partial charge in [-0.15, -0.1) is 0 Å². The van der Waals surface area contributed by atoms with Gasteiger partial charge in [-0.3, -0.25) is 20.0 Å². The number of aromatic nitrogens is 2. The van der Waals surface area contributed by atoms with Crippen LogP contribution in [-0.2, 0) is 0 Å². The summed E-state index contributed by atoms with van der Waals surface area (Å²) in [5.74, 6) is -0.172. The fraction of sp³-hybridized carbons (Fsp3) is 0.176. The Bertz CT molecular complexity index is 982. The molecule has 0 saturated heterocycles. The standard InChI is InChI=1S/C17H16N4O5/c1-3-26-16-7-12(14(21(23)24)8-15(16)25-2)17(22)19-11-4-5-13-10(6-11)9-18-20-13/h4-9H,3H2,1-2H3,(H,18,20)(H,19,22). The zero-order valence-electron chi connectivity index (χ0n) is 14.1. The molecule has 0 aliphatic rings. The fourth-order valence-electron chi connectivity index (χ4n) is 2.53. The maximum atomic E-state index is 12.6. The second-order valence-corrected chi connectivity index (χ2v) is 5.34. The minimum Gasteiger partial charge on any atom is -0.493 e. The first kappa shape index (κ1) is 17.2. The van der Waals surface area contributed by atoms with Crippen molar-refractivity contribution in [3.05, 3.63) is 52.2 Å². The van der Waals surface area contributed by atoms with Crippen molar-refractivity contribution in [1.29, 1.82) is 0 Å². The Kier molecular flexibility index (Phi) is 4.70. The molecule has 0 unspecified atom stereocenters. The predicted molar refractivity (Wildman–Crippen MR) is 94.9 cm³/mol. The number of hydrogen-bond acceptors (Lipinski definition) is 6. The van der Waals surface area contributed by atoms with Crippen LogP contribution in [0.3, 0.4) is 0 Å². The first-order valence-corrected chi connectivity index (χ1v) is 7.77. The number of carbonyl (C=O) groups is 1. The molecular weight excluding hydrogens is 340 g/mol. The van der Waals surface area contributed by atoms with Gasteiger partial charge in [0.05, 0.1) is 36.4 Å². The number of nitro groups is 1. The first-order valence-electron chi connectivity index (χ1n) is 7.77. The molecule has 2 N–H and O–H groups in total. The maximum Gasteiger partial charge on any atom is 0.286 e. The lowest BCUT2D eigenvalue weighted by atomic mass is 10.1. The van der Waals surface area contributed by atoms with Crippen LogP contribution in [0.2, 0.25) is 0 Å². The van der Waals surface area contributed by atoms with Crippen LogP contribution in [0.5, 0.6) is 11.5 Å². The second kappa shape index (κ2) is 7.09. The van der Waals surface area contributed by atoms with Gasteiger partial charge in [0.1, 0.15) is 5.56 Å². The smallest absolute Gasteiger partial charge is 0.286 e. The summed E-state index contributed by atoms with van der Waals surface area (Å²) >= 11 is 0. The number of ether oxygens (including phenoxy) is 2. The summed E-state index contributed by atoms with van der Waals surface area (Å²) in [5, 5.41) is 21.6. The quantitative estimate of drug-likeness (QED) is 0.517. The number of anilines is 1. The van der Waals surface area contributed by atoms with Crippen molar-refractivity contribution in [3.8, 4) is 11.5 Å². The van der Waals surface area contributed by atoms with Crippen LogP contribution in [0.15, 0.2) is 36.5 Å². The monoisotopic (exact) mass is 356 g/mol. The molecule has 0 saturated carbocycles. The normalized spacial score (nSPS) is 10.5. The van der Waals surface area contributed by atoms with E-state index < -0.39 is 10.8 Å². The Morgan fingerprint density at radius 2 is 2.12 bits per heavy atom. The van der Waals surface area contributed by atoms with Crippen molar-refractivity contribution < 1.29 is 19.2 Å². The van der Waals surface area contributed by atoms with Crippen molar-refractivity contribution in [2.24, 2.45) is 0 Å². The van der Waals surface area contributed by atoms with Gasteiger partial charge < -0.3 is 14.8 Å². The van der Waals surface area contributed by atoms with E-state index >= 15 is 0 Å². The van der Waals surface area contributed by atoms with Gasteiger partial charge in [0.2, 0.25) is 0 Å². The SMILES string of the molecule is CCOc1cc(C(=O)Nc2ccc3[nH]ncc3c2)c([N+](=O)[O-])cc1OC. The number of fused-ring (bicyclic) bond motifs is 1. The van der Waals surface area contributed by atoms with Gasteiger partial charge in [-0.1, -0.05) is 0 Å². The lowest BCUT2D eigenvalue weighted by Gasteiger charge is -2.12. The number of benzene rings is 2. The zero-order valence-corrected chi connectivity index (χ0v) is 14.1. The molecule has 3 rings (SSSR count). The highest BCUT2D eigenvalue weighted by Gasteiger charge is 2.25. The molecule has 0 bridgehead atoms. The van der Waals surface area contributed by atoms with Gasteiger partial charge in [0.25, 0.3) is 11.6 Å². The Hall–Kier alpha value is -3.62. The molecule has 1 amide bonds. The fourth-order valence-corrected chi connectivity index (χ4v) is 2.53. The number of nitrogens with zero attached hydrogens (tertiary/aromatic N) is 2. The highest BCUT2D eigenvalue weighted by molar-refractivity contribution is 6.08. The van der Waals surface area contributed by atoms with E-state index in [4.69, 9.17) is 9.47 Å². The molecule has 0 aliphatic carbocycles. The molecule has 3 aromatic rings. The number of hydrogen-bond donors (Lipinski definition) is 2. The Labute approximate surface area is 148 Å². The maximum absolute atomic E-state index is 12.6. The predicted octanol–water partition coefficient (Wildman–Crippen LogP) is 3.13. The van der Waals surface area contributed by atoms with E-state index in [1.165, 1.54) is 19.2 Å². The van der Waals surface area contributed by atoms with Crippen LogP contribution in [-0.4, -0.2) is 34.7 Å². The van der Waals surface area contributed by atoms with Gasteiger partial charge >= 0.3 is 0 Å². The number of amides is 1. The van der Waals surface area contributed by atoms with E-state index in [-0.39, 0.29) is 22.7 Å². The summed E-state index contributed by atoms with van der Waals surface area (Å²) in [6.07, 6.45) is 1.62. The third-order valence-electron chi connectivity index (χ3n) is 3.72. The number of rotatable bonds is 6. The molecule has 0 radical (unpaired) electrons. The molecular formula is C17H16N4O5. The highest BCUT2D eigenvalue weighted by atomic mass is 16.6. The molecule has 26 heavy (non-hydrogen) atoms. The van der Waals surface area contributed by atoms with E-state index in [0.717, 1.165) is 10.9 Å². The summed E-state index contributed by atoms with van der Waals surface area (Å²) in [4.78, 5) is 23.4. The molecule has 1 heterocycles. The molecule has 9 nitrogen and oxygen atoms in total. The number of aromatic amines is 1. The molecule has 1 aromatic heterocycles. The molecule has 0 spiro atoms. The molecule has 0 atom stereocenters. The van der Waals surface area contributed by atoms with E-state index in [0.29, 0.717) is 12.3 Å². The van der Waals surface area contributed by atoms with E-state index in [9.17, 15) is 14.9 Å². The lowest BCUT2D eigenvalue weighted by molar-refractivity contribution is -0.385. The van der Waals surface area contributed by atoms with E-state index in [1.54, 1.807) is 31.3 Å². The highest BCUT2D eigenvalue weighted by Crippen LogP contribution is 2.35. The Morgan fingerprint density at radius 1 is 1.31 bits per heavy atom. The number of nitro benzene ring substituents is 1. The molecule has 0 fully saturated rings. The van der Waals surface area contributed by atoms with Crippen molar-refractivity contribution in [2.75, 3.05) is 19.0 Å². The van der Waals surface area contributed by atoms with Gasteiger partial charge in [0.15, 0.2) is 11.5 Å². The van der Waals surface area contributed by atoms with Crippen LogP contribution in [0, 0.1) is 10.1 Å². The van der Waals surface area contributed by atoms with E-state index in [1.807, 2.05) is 0 Å². The number of carbonyl (C=O) groups excluding carboxylic acids is 1. The molecule has 2 aromatic carbocycles. The Morgan fingerprint density at radius 3 is 2.81 bits per heavy atom. The third kappa shape index (κ3) is 3.27. The van der Waals surface area contributed by atoms with Crippen LogP contribution in [0.4, 0.5) is 11.4 Å². The van der Waals surface area contributed by atoms with Gasteiger partial charge in [-0.05, 0) is 25.1 Å². The summed E-state index contributed by atoms with van der Waals surface area (Å²) in [7, 11) is 1.38. The summed E-state index contributed by atoms with van der Waals surface area (Å²) in [5.41, 5.74) is 0.822. The van der Waals surface area contributed by atoms with Crippen molar-refractivity contribution in [3.63, 3.8) is 0 Å². The second-order valence-electron chi connectivity index (χ2n) is 5.34. The van der Waals surface area contributed by atoms with Gasteiger partial charge in [-0.25, -0.2) is 0 Å². The minimum absolute atomic E-state index is 0.119. The summed E-state index contributed by atoms with van der Waals surface area (Å²) in [6.45, 7) is 2.09. The van der Waals surface area contributed by atoms with Gasteiger partial charge in [-0.2, -0.15) is 5.10 Å². The van der Waals surface area contributed by atoms with Gasteiger partial charge in [0, 0.05) is 17.1 Å². The average molecular weight is 356 g/mol. The number of nitrogens with one attached hydrogen (secondary N) is 2. The van der Waals surface area contributed by atoms with E-state index in [2.05, 4.69) is 15.5 Å². The number of H-pyrrole nitrogens is 1.